The fourth-order valence-corrected chi connectivity index (χ4v) is 4.22. The van der Waals surface area contributed by atoms with Crippen molar-refractivity contribution in [3.63, 3.8) is 0 Å². The van der Waals surface area contributed by atoms with Gasteiger partial charge in [0.2, 0.25) is 0 Å². The van der Waals surface area contributed by atoms with Gasteiger partial charge in [-0.3, -0.25) is 18.9 Å². The van der Waals surface area contributed by atoms with Crippen LogP contribution in [0.3, 0.4) is 0 Å². The molecule has 1 saturated heterocycles. The standard InChI is InChI=1S/C20H21FN4O3S/c1-14-13-29-20-22-16(10-18(26)25(14)20)11-23-6-8-24(9-7-23)19(27)12-28-17-4-2-15(21)3-5-17/h2-5,10,13H,6-9,11-12H2,1H3. The molecule has 0 unspecified atom stereocenters. The van der Waals surface area contributed by atoms with E-state index >= 15 is 0 Å². The summed E-state index contributed by atoms with van der Waals surface area (Å²) < 4.78 is 20.0. The molecule has 0 atom stereocenters. The predicted molar refractivity (Wildman–Crippen MR) is 108 cm³/mol. The molecule has 1 aliphatic heterocycles. The van der Waals surface area contributed by atoms with Crippen LogP contribution in [0.2, 0.25) is 0 Å². The Kier molecular flexibility index (Phi) is 5.59. The number of benzene rings is 1. The lowest BCUT2D eigenvalue weighted by Crippen LogP contribution is -2.49. The first-order valence-electron chi connectivity index (χ1n) is 9.35. The minimum absolute atomic E-state index is 0.0597. The Labute approximate surface area is 171 Å². The van der Waals surface area contributed by atoms with Crippen LogP contribution in [0.1, 0.15) is 11.4 Å². The third-order valence-corrected chi connectivity index (χ3v) is 5.86. The number of thiazole rings is 1. The Hall–Kier alpha value is -2.78. The first kappa shape index (κ1) is 19.5. The second-order valence-corrected chi connectivity index (χ2v) is 7.82. The van der Waals surface area contributed by atoms with Crippen LogP contribution in [0.15, 0.2) is 40.5 Å². The molecule has 0 saturated carbocycles. The van der Waals surface area contributed by atoms with E-state index in [1.807, 2.05) is 12.3 Å². The molecular weight excluding hydrogens is 395 g/mol. The van der Waals surface area contributed by atoms with E-state index in [4.69, 9.17) is 4.74 Å². The van der Waals surface area contributed by atoms with Crippen molar-refractivity contribution in [1.82, 2.24) is 19.2 Å². The summed E-state index contributed by atoms with van der Waals surface area (Å²) in [6.45, 7) is 4.98. The maximum Gasteiger partial charge on any atom is 0.260 e. The van der Waals surface area contributed by atoms with Crippen LogP contribution < -0.4 is 10.3 Å². The number of rotatable bonds is 5. The zero-order valence-corrected chi connectivity index (χ0v) is 16.8. The van der Waals surface area contributed by atoms with Crippen LogP contribution in [-0.2, 0) is 11.3 Å². The van der Waals surface area contributed by atoms with Crippen LogP contribution >= 0.6 is 11.3 Å². The highest BCUT2D eigenvalue weighted by Gasteiger charge is 2.22. The van der Waals surface area contributed by atoms with E-state index in [1.54, 1.807) is 15.4 Å². The van der Waals surface area contributed by atoms with Crippen molar-refractivity contribution >= 4 is 22.2 Å². The fourth-order valence-electron chi connectivity index (χ4n) is 3.33. The number of carbonyl (C=O) groups excluding carboxylic acids is 1. The number of fused-ring (bicyclic) bond motifs is 1. The Morgan fingerprint density at radius 2 is 1.93 bits per heavy atom. The fraction of sp³-hybridized carbons (Fsp3) is 0.350. The zero-order chi connectivity index (χ0) is 20.4. The SMILES string of the molecule is Cc1csc2nc(CN3CCN(C(=O)COc4ccc(F)cc4)CC3)cc(=O)n12. The van der Waals surface area contributed by atoms with Gasteiger partial charge in [0.1, 0.15) is 11.6 Å². The van der Waals surface area contributed by atoms with Crippen molar-refractivity contribution < 1.29 is 13.9 Å². The molecule has 0 spiro atoms. The number of nitrogens with zero attached hydrogens (tertiary/aromatic N) is 4. The van der Waals surface area contributed by atoms with Crippen LogP contribution in [0.25, 0.3) is 4.96 Å². The molecule has 3 heterocycles. The number of halogens is 1. The summed E-state index contributed by atoms with van der Waals surface area (Å²) in [4.78, 5) is 33.9. The summed E-state index contributed by atoms with van der Waals surface area (Å²) in [7, 11) is 0. The van der Waals surface area contributed by atoms with Gasteiger partial charge in [0.15, 0.2) is 11.6 Å². The Balaban J connectivity index is 1.29. The average Bonchev–Trinajstić information content (AvgIpc) is 3.09. The third kappa shape index (κ3) is 4.46. The van der Waals surface area contributed by atoms with Gasteiger partial charge in [0.25, 0.3) is 11.5 Å². The van der Waals surface area contributed by atoms with Gasteiger partial charge in [-0.05, 0) is 31.2 Å². The zero-order valence-electron chi connectivity index (χ0n) is 16.0. The van der Waals surface area contributed by atoms with E-state index in [1.165, 1.54) is 35.6 Å². The molecule has 1 aromatic carbocycles. The Morgan fingerprint density at radius 3 is 2.66 bits per heavy atom. The molecule has 1 aliphatic rings. The number of hydrogen-bond acceptors (Lipinski definition) is 6. The molecule has 4 rings (SSSR count). The Morgan fingerprint density at radius 1 is 1.21 bits per heavy atom. The molecule has 1 fully saturated rings. The molecule has 3 aromatic rings. The number of carbonyl (C=O) groups is 1. The predicted octanol–water partition coefficient (Wildman–Crippen LogP) is 1.93. The first-order valence-corrected chi connectivity index (χ1v) is 10.2. The lowest BCUT2D eigenvalue weighted by atomic mass is 10.2. The number of amides is 1. The number of piperazine rings is 1. The molecule has 2 aromatic heterocycles. The molecule has 1 amide bonds. The van der Waals surface area contributed by atoms with Crippen LogP contribution in [0, 0.1) is 12.7 Å². The van der Waals surface area contributed by atoms with Gasteiger partial charge in [-0.25, -0.2) is 9.37 Å². The molecular formula is C20H21FN4O3S. The van der Waals surface area contributed by atoms with Crippen molar-refractivity contribution in [2.45, 2.75) is 13.5 Å². The number of aryl methyl sites for hydroxylation is 1. The minimum atomic E-state index is -0.342. The van der Waals surface area contributed by atoms with Crippen LogP contribution in [0.5, 0.6) is 5.75 Å². The second kappa shape index (κ2) is 8.30. The maximum atomic E-state index is 12.9. The van der Waals surface area contributed by atoms with Crippen LogP contribution in [-0.4, -0.2) is 57.9 Å². The lowest BCUT2D eigenvalue weighted by molar-refractivity contribution is -0.135. The molecule has 7 nitrogen and oxygen atoms in total. The number of aromatic nitrogens is 2. The van der Waals surface area contributed by atoms with Gasteiger partial charge in [0, 0.05) is 49.9 Å². The second-order valence-electron chi connectivity index (χ2n) is 6.98. The van der Waals surface area contributed by atoms with E-state index in [9.17, 15) is 14.0 Å². The van der Waals surface area contributed by atoms with Crippen molar-refractivity contribution in [2.24, 2.45) is 0 Å². The van der Waals surface area contributed by atoms with Gasteiger partial charge < -0.3 is 9.64 Å². The summed E-state index contributed by atoms with van der Waals surface area (Å²) in [5, 5.41) is 1.92. The molecule has 0 bridgehead atoms. The monoisotopic (exact) mass is 416 g/mol. The molecule has 0 radical (unpaired) electrons. The van der Waals surface area contributed by atoms with Crippen LogP contribution in [0.4, 0.5) is 4.39 Å². The van der Waals surface area contributed by atoms with E-state index in [0.717, 1.165) is 11.4 Å². The molecule has 0 aliphatic carbocycles. The summed E-state index contributed by atoms with van der Waals surface area (Å²) in [5.41, 5.74) is 1.58. The highest BCUT2D eigenvalue weighted by atomic mass is 32.1. The van der Waals surface area contributed by atoms with Gasteiger partial charge in [-0.15, -0.1) is 11.3 Å². The van der Waals surface area contributed by atoms with Crippen molar-refractivity contribution in [1.29, 1.82) is 0 Å². The van der Waals surface area contributed by atoms with Gasteiger partial charge in [0.05, 0.1) is 5.69 Å². The highest BCUT2D eigenvalue weighted by Crippen LogP contribution is 2.14. The lowest BCUT2D eigenvalue weighted by Gasteiger charge is -2.34. The van der Waals surface area contributed by atoms with E-state index < -0.39 is 0 Å². The largest absolute Gasteiger partial charge is 0.484 e. The maximum absolute atomic E-state index is 12.9. The average molecular weight is 416 g/mol. The first-order chi connectivity index (χ1) is 14.0. The summed E-state index contributed by atoms with van der Waals surface area (Å²) >= 11 is 1.46. The quantitative estimate of drug-likeness (QED) is 0.636. The normalized spacial score (nSPS) is 15.0. The van der Waals surface area contributed by atoms with E-state index in [-0.39, 0.29) is 23.9 Å². The van der Waals surface area contributed by atoms with E-state index in [0.29, 0.717) is 43.4 Å². The molecule has 152 valence electrons. The van der Waals surface area contributed by atoms with Crippen molar-refractivity contribution in [3.8, 4) is 5.75 Å². The topological polar surface area (TPSA) is 67.2 Å². The van der Waals surface area contributed by atoms with Crippen molar-refractivity contribution in [2.75, 3.05) is 32.8 Å². The van der Waals surface area contributed by atoms with E-state index in [2.05, 4.69) is 9.88 Å². The summed E-state index contributed by atoms with van der Waals surface area (Å²) in [5.74, 6) is 0.0288. The van der Waals surface area contributed by atoms with Gasteiger partial charge >= 0.3 is 0 Å². The summed E-state index contributed by atoms with van der Waals surface area (Å²) in [6, 6.07) is 7.19. The number of ether oxygens (including phenoxy) is 1. The summed E-state index contributed by atoms with van der Waals surface area (Å²) in [6.07, 6.45) is 0. The van der Waals surface area contributed by atoms with Gasteiger partial charge in [-0.2, -0.15) is 0 Å². The number of hydrogen-bond donors (Lipinski definition) is 0. The smallest absolute Gasteiger partial charge is 0.260 e. The third-order valence-electron chi connectivity index (χ3n) is 4.92. The minimum Gasteiger partial charge on any atom is -0.484 e. The highest BCUT2D eigenvalue weighted by molar-refractivity contribution is 7.15. The van der Waals surface area contributed by atoms with Crippen molar-refractivity contribution in [3.05, 3.63) is 63.3 Å². The molecule has 9 heteroatoms. The van der Waals surface area contributed by atoms with Gasteiger partial charge in [-0.1, -0.05) is 0 Å². The Bertz CT molecular complexity index is 1070. The molecule has 29 heavy (non-hydrogen) atoms. The molecule has 0 N–H and O–H groups in total.